The quantitative estimate of drug-likeness (QED) is 0.686. The molecule has 1 aromatic rings. The van der Waals surface area contributed by atoms with E-state index in [9.17, 15) is 4.79 Å². The zero-order chi connectivity index (χ0) is 11.8. The molecule has 16 heavy (non-hydrogen) atoms. The van der Waals surface area contributed by atoms with Crippen molar-refractivity contribution in [2.45, 2.75) is 19.8 Å². The van der Waals surface area contributed by atoms with Crippen LogP contribution in [-0.2, 0) is 0 Å². The van der Waals surface area contributed by atoms with Gasteiger partial charge < -0.3 is 4.74 Å². The van der Waals surface area contributed by atoms with Crippen molar-refractivity contribution in [3.05, 3.63) is 24.0 Å². The van der Waals surface area contributed by atoms with Crippen LogP contribution < -0.4 is 4.74 Å². The van der Waals surface area contributed by atoms with Crippen LogP contribution in [0.3, 0.4) is 0 Å². The van der Waals surface area contributed by atoms with Crippen molar-refractivity contribution in [2.24, 2.45) is 0 Å². The number of aromatic nitrogens is 1. The summed E-state index contributed by atoms with van der Waals surface area (Å²) in [6, 6.07) is 1.77. The van der Waals surface area contributed by atoms with Crippen LogP contribution in [0.15, 0.2) is 18.5 Å². The normalized spacial score (nSPS) is 10.1. The largest absolute Gasteiger partial charge is 0.492 e. The van der Waals surface area contributed by atoms with Gasteiger partial charge in [0.2, 0.25) is 0 Å². The zero-order valence-corrected chi connectivity index (χ0v) is 10.5. The van der Waals surface area contributed by atoms with Gasteiger partial charge in [-0.15, -0.1) is 0 Å². The molecule has 4 heteroatoms. The third-order valence-corrected chi connectivity index (χ3v) is 2.65. The highest BCUT2D eigenvalue weighted by molar-refractivity contribution is 7.98. The molecule has 1 rings (SSSR count). The standard InChI is InChI=1S/C12H17NO2S/c1-3-5-15-11-7-10(8-13-9-11)12(14)4-6-16-2/h7-9H,3-6H2,1-2H3. The lowest BCUT2D eigenvalue weighted by molar-refractivity contribution is 0.0988. The Morgan fingerprint density at radius 2 is 2.31 bits per heavy atom. The predicted molar refractivity (Wildman–Crippen MR) is 67.4 cm³/mol. The first-order valence-corrected chi connectivity index (χ1v) is 6.77. The third-order valence-electron chi connectivity index (χ3n) is 2.04. The summed E-state index contributed by atoms with van der Waals surface area (Å²) in [6.45, 7) is 2.70. The van der Waals surface area contributed by atoms with Gasteiger partial charge in [-0.2, -0.15) is 11.8 Å². The van der Waals surface area contributed by atoms with Crippen LogP contribution in [0, 0.1) is 0 Å². The Balaban J connectivity index is 2.62. The van der Waals surface area contributed by atoms with E-state index in [0.29, 0.717) is 24.3 Å². The molecule has 0 aliphatic carbocycles. The minimum absolute atomic E-state index is 0.129. The van der Waals surface area contributed by atoms with Crippen molar-refractivity contribution >= 4 is 17.5 Å². The molecule has 0 aliphatic rings. The minimum atomic E-state index is 0.129. The fraction of sp³-hybridized carbons (Fsp3) is 0.500. The van der Waals surface area contributed by atoms with Crippen molar-refractivity contribution in [2.75, 3.05) is 18.6 Å². The summed E-state index contributed by atoms with van der Waals surface area (Å²) < 4.78 is 5.43. The topological polar surface area (TPSA) is 39.2 Å². The highest BCUT2D eigenvalue weighted by Gasteiger charge is 2.07. The number of Topliss-reactive ketones (excluding diaryl/α,β-unsaturated/α-hetero) is 1. The number of nitrogens with zero attached hydrogens (tertiary/aromatic N) is 1. The second kappa shape index (κ2) is 7.28. The van der Waals surface area contributed by atoms with Gasteiger partial charge in [0, 0.05) is 23.9 Å². The van der Waals surface area contributed by atoms with Gasteiger partial charge in [-0.3, -0.25) is 9.78 Å². The zero-order valence-electron chi connectivity index (χ0n) is 9.73. The lowest BCUT2D eigenvalue weighted by Gasteiger charge is -2.05. The monoisotopic (exact) mass is 239 g/mol. The molecule has 1 aromatic heterocycles. The fourth-order valence-corrected chi connectivity index (χ4v) is 1.60. The minimum Gasteiger partial charge on any atom is -0.492 e. The number of carbonyl (C=O) groups is 1. The van der Waals surface area contributed by atoms with Crippen LogP contribution in [0.25, 0.3) is 0 Å². The van der Waals surface area contributed by atoms with E-state index in [-0.39, 0.29) is 5.78 Å². The van der Waals surface area contributed by atoms with E-state index < -0.39 is 0 Å². The Labute approximate surface area is 101 Å². The molecule has 0 aliphatic heterocycles. The van der Waals surface area contributed by atoms with Crippen LogP contribution in [-0.4, -0.2) is 29.4 Å². The maximum absolute atomic E-state index is 11.7. The molecular weight excluding hydrogens is 222 g/mol. The molecule has 0 atom stereocenters. The summed E-state index contributed by atoms with van der Waals surface area (Å²) in [4.78, 5) is 15.7. The first kappa shape index (κ1) is 13.0. The maximum Gasteiger partial charge on any atom is 0.165 e. The molecule has 1 heterocycles. The Hall–Kier alpha value is -1.03. The molecule has 0 saturated heterocycles. The second-order valence-corrected chi connectivity index (χ2v) is 4.41. The summed E-state index contributed by atoms with van der Waals surface area (Å²) in [5.74, 6) is 1.65. The summed E-state index contributed by atoms with van der Waals surface area (Å²) in [6.07, 6.45) is 6.74. The van der Waals surface area contributed by atoms with Gasteiger partial charge >= 0.3 is 0 Å². The van der Waals surface area contributed by atoms with E-state index in [1.54, 1.807) is 30.2 Å². The third kappa shape index (κ3) is 4.23. The van der Waals surface area contributed by atoms with Crippen LogP contribution in [0.5, 0.6) is 5.75 Å². The first-order valence-electron chi connectivity index (χ1n) is 5.38. The molecule has 0 radical (unpaired) electrons. The van der Waals surface area contributed by atoms with Gasteiger partial charge in [0.1, 0.15) is 5.75 Å². The van der Waals surface area contributed by atoms with Crippen molar-refractivity contribution in [3.8, 4) is 5.75 Å². The van der Waals surface area contributed by atoms with Gasteiger partial charge in [0.05, 0.1) is 12.8 Å². The second-order valence-electron chi connectivity index (χ2n) is 3.42. The molecule has 0 N–H and O–H groups in total. The van der Waals surface area contributed by atoms with Gasteiger partial charge in [0.15, 0.2) is 5.78 Å². The molecule has 0 spiro atoms. The predicted octanol–water partition coefficient (Wildman–Crippen LogP) is 2.81. The average Bonchev–Trinajstić information content (AvgIpc) is 2.33. The Kier molecular flexibility index (Phi) is 5.93. The molecule has 0 aromatic carbocycles. The summed E-state index contributed by atoms with van der Waals surface area (Å²) in [5.41, 5.74) is 0.641. The molecule has 0 fully saturated rings. The van der Waals surface area contributed by atoms with Crippen molar-refractivity contribution in [3.63, 3.8) is 0 Å². The van der Waals surface area contributed by atoms with Gasteiger partial charge in [-0.1, -0.05) is 6.92 Å². The molecule has 0 saturated carbocycles. The number of ketones is 1. The molecular formula is C12H17NO2S. The SMILES string of the molecule is CCCOc1cncc(C(=O)CCSC)c1. The van der Waals surface area contributed by atoms with E-state index in [4.69, 9.17) is 4.74 Å². The molecule has 88 valence electrons. The number of rotatable bonds is 7. The highest BCUT2D eigenvalue weighted by Crippen LogP contribution is 2.13. The highest BCUT2D eigenvalue weighted by atomic mass is 32.2. The Morgan fingerprint density at radius 1 is 1.50 bits per heavy atom. The first-order chi connectivity index (χ1) is 7.77. The molecule has 0 bridgehead atoms. The maximum atomic E-state index is 11.7. The van der Waals surface area contributed by atoms with Crippen LogP contribution in [0.1, 0.15) is 30.1 Å². The number of ether oxygens (including phenoxy) is 1. The number of hydrogen-bond acceptors (Lipinski definition) is 4. The average molecular weight is 239 g/mol. The summed E-state index contributed by atoms with van der Waals surface area (Å²) in [5, 5.41) is 0. The van der Waals surface area contributed by atoms with Gasteiger partial charge in [-0.25, -0.2) is 0 Å². The van der Waals surface area contributed by atoms with E-state index in [0.717, 1.165) is 12.2 Å². The number of thioether (sulfide) groups is 1. The van der Waals surface area contributed by atoms with E-state index in [1.165, 1.54) is 0 Å². The summed E-state index contributed by atoms with van der Waals surface area (Å²) >= 11 is 1.67. The van der Waals surface area contributed by atoms with Crippen LogP contribution in [0.4, 0.5) is 0 Å². The lowest BCUT2D eigenvalue weighted by Crippen LogP contribution is -2.03. The van der Waals surface area contributed by atoms with Gasteiger partial charge in [0.25, 0.3) is 0 Å². The van der Waals surface area contributed by atoms with Crippen LogP contribution in [0.2, 0.25) is 0 Å². The smallest absolute Gasteiger partial charge is 0.165 e. The van der Waals surface area contributed by atoms with E-state index >= 15 is 0 Å². The molecule has 0 unspecified atom stereocenters. The Bertz CT molecular complexity index is 342. The lowest BCUT2D eigenvalue weighted by atomic mass is 10.1. The van der Waals surface area contributed by atoms with E-state index in [1.807, 2.05) is 13.2 Å². The number of pyridine rings is 1. The summed E-state index contributed by atoms with van der Waals surface area (Å²) in [7, 11) is 0. The Morgan fingerprint density at radius 3 is 3.00 bits per heavy atom. The van der Waals surface area contributed by atoms with Crippen molar-refractivity contribution in [1.29, 1.82) is 0 Å². The molecule has 0 amide bonds. The van der Waals surface area contributed by atoms with Crippen LogP contribution >= 0.6 is 11.8 Å². The number of hydrogen-bond donors (Lipinski definition) is 0. The number of carbonyl (C=O) groups excluding carboxylic acids is 1. The van der Waals surface area contributed by atoms with E-state index in [2.05, 4.69) is 4.98 Å². The molecule has 3 nitrogen and oxygen atoms in total. The fourth-order valence-electron chi connectivity index (χ4n) is 1.21. The van der Waals surface area contributed by atoms with Crippen molar-refractivity contribution < 1.29 is 9.53 Å². The van der Waals surface area contributed by atoms with Gasteiger partial charge in [-0.05, 0) is 18.7 Å². The van der Waals surface area contributed by atoms with Crippen molar-refractivity contribution in [1.82, 2.24) is 4.98 Å².